The highest BCUT2D eigenvalue weighted by Gasteiger charge is 2.41. The first-order valence-electron chi connectivity index (χ1n) is 4.57. The number of benzene rings is 1. The number of aryl methyl sites for hydroxylation is 1. The Kier molecular flexibility index (Phi) is 1.82. The molecule has 0 spiro atoms. The minimum atomic E-state index is -0.382. The van der Waals surface area contributed by atoms with Gasteiger partial charge in [0, 0.05) is 17.7 Å². The lowest BCUT2D eigenvalue weighted by Gasteiger charge is -2.11. The second-order valence-corrected chi connectivity index (χ2v) is 3.91. The van der Waals surface area contributed by atoms with E-state index in [-0.39, 0.29) is 16.1 Å². The zero-order chi connectivity index (χ0) is 10.3. The van der Waals surface area contributed by atoms with Gasteiger partial charge in [0.1, 0.15) is 0 Å². The van der Waals surface area contributed by atoms with Gasteiger partial charge < -0.3 is 5.73 Å². The van der Waals surface area contributed by atoms with Crippen LogP contribution in [0.25, 0.3) is 0 Å². The smallest absolute Gasteiger partial charge is 0.269 e. The third-order valence-electron chi connectivity index (χ3n) is 2.75. The molecule has 14 heavy (non-hydrogen) atoms. The van der Waals surface area contributed by atoms with Crippen LogP contribution in [0.2, 0.25) is 0 Å². The van der Waals surface area contributed by atoms with E-state index in [9.17, 15) is 10.1 Å². The van der Waals surface area contributed by atoms with Gasteiger partial charge in [0.25, 0.3) is 5.69 Å². The minimum absolute atomic E-state index is 0.135. The molecule has 0 atom stereocenters. The van der Waals surface area contributed by atoms with Crippen LogP contribution >= 0.6 is 0 Å². The van der Waals surface area contributed by atoms with Crippen LogP contribution in [0.3, 0.4) is 0 Å². The highest BCUT2D eigenvalue weighted by atomic mass is 16.6. The number of nitro benzene ring substituents is 1. The van der Waals surface area contributed by atoms with Crippen LogP contribution in [-0.2, 0) is 5.54 Å². The zero-order valence-electron chi connectivity index (χ0n) is 7.99. The Bertz CT molecular complexity index is 397. The van der Waals surface area contributed by atoms with E-state index in [1.165, 1.54) is 6.07 Å². The molecule has 1 fully saturated rings. The summed E-state index contributed by atoms with van der Waals surface area (Å²) in [6.45, 7) is 1.87. The van der Waals surface area contributed by atoms with Gasteiger partial charge in [0.05, 0.1) is 4.92 Å². The number of nitro groups is 1. The van der Waals surface area contributed by atoms with E-state index in [4.69, 9.17) is 5.73 Å². The van der Waals surface area contributed by atoms with Crippen molar-refractivity contribution in [3.8, 4) is 0 Å². The normalized spacial score (nSPS) is 17.9. The van der Waals surface area contributed by atoms with E-state index in [0.29, 0.717) is 0 Å². The number of nitrogens with zero attached hydrogens (tertiary/aromatic N) is 1. The molecule has 0 unspecified atom stereocenters. The summed E-state index contributed by atoms with van der Waals surface area (Å²) in [6.07, 6.45) is 1.96. The average molecular weight is 192 g/mol. The summed E-state index contributed by atoms with van der Waals surface area (Å²) in [5.74, 6) is 0. The molecule has 0 saturated heterocycles. The van der Waals surface area contributed by atoms with Crippen molar-refractivity contribution in [2.24, 2.45) is 5.73 Å². The van der Waals surface area contributed by atoms with Gasteiger partial charge >= 0.3 is 0 Å². The monoisotopic (exact) mass is 192 g/mol. The average Bonchev–Trinajstić information content (AvgIpc) is 2.84. The predicted octanol–water partition coefficient (Wildman–Crippen LogP) is 1.85. The van der Waals surface area contributed by atoms with Gasteiger partial charge in [0.2, 0.25) is 0 Å². The fourth-order valence-corrected chi connectivity index (χ4v) is 1.72. The maximum Gasteiger partial charge on any atom is 0.269 e. The predicted molar refractivity (Wildman–Crippen MR) is 52.9 cm³/mol. The second kappa shape index (κ2) is 2.78. The topological polar surface area (TPSA) is 69.2 Å². The lowest BCUT2D eigenvalue weighted by atomic mass is 9.99. The minimum Gasteiger partial charge on any atom is -0.321 e. The molecule has 74 valence electrons. The fraction of sp³-hybridized carbons (Fsp3) is 0.400. The third kappa shape index (κ3) is 1.37. The van der Waals surface area contributed by atoms with Crippen molar-refractivity contribution < 1.29 is 4.92 Å². The van der Waals surface area contributed by atoms with E-state index in [0.717, 1.165) is 24.0 Å². The molecule has 0 radical (unpaired) electrons. The first kappa shape index (κ1) is 9.15. The second-order valence-electron chi connectivity index (χ2n) is 3.91. The van der Waals surface area contributed by atoms with Crippen molar-refractivity contribution in [1.29, 1.82) is 0 Å². The SMILES string of the molecule is Cc1cc([N+](=O)[O-])ccc1C1(N)CC1. The first-order valence-corrected chi connectivity index (χ1v) is 4.57. The summed E-state index contributed by atoms with van der Waals surface area (Å²) in [7, 11) is 0. The number of hydrogen-bond donors (Lipinski definition) is 1. The van der Waals surface area contributed by atoms with Crippen molar-refractivity contribution in [2.45, 2.75) is 25.3 Å². The number of rotatable bonds is 2. The molecule has 1 aliphatic carbocycles. The van der Waals surface area contributed by atoms with Gasteiger partial charge in [-0.2, -0.15) is 0 Å². The highest BCUT2D eigenvalue weighted by molar-refractivity contribution is 5.44. The molecule has 4 nitrogen and oxygen atoms in total. The Morgan fingerprint density at radius 3 is 2.57 bits per heavy atom. The van der Waals surface area contributed by atoms with Crippen molar-refractivity contribution in [2.75, 3.05) is 0 Å². The van der Waals surface area contributed by atoms with Gasteiger partial charge in [-0.15, -0.1) is 0 Å². The standard InChI is InChI=1S/C10H12N2O2/c1-7-6-8(12(13)14)2-3-9(7)10(11)4-5-10/h2-3,6H,4-5,11H2,1H3. The summed E-state index contributed by atoms with van der Waals surface area (Å²) >= 11 is 0. The summed E-state index contributed by atoms with van der Waals surface area (Å²) < 4.78 is 0. The Morgan fingerprint density at radius 1 is 1.50 bits per heavy atom. The van der Waals surface area contributed by atoms with Crippen molar-refractivity contribution in [3.05, 3.63) is 39.4 Å². The number of hydrogen-bond acceptors (Lipinski definition) is 3. The molecule has 0 aromatic heterocycles. The van der Waals surface area contributed by atoms with E-state index in [1.54, 1.807) is 12.1 Å². The van der Waals surface area contributed by atoms with Gasteiger partial charge in [-0.3, -0.25) is 10.1 Å². The molecule has 0 aliphatic heterocycles. The van der Waals surface area contributed by atoms with Crippen molar-refractivity contribution >= 4 is 5.69 Å². The molecular formula is C10H12N2O2. The van der Waals surface area contributed by atoms with Crippen LogP contribution in [-0.4, -0.2) is 4.92 Å². The maximum atomic E-state index is 10.5. The Labute approximate surface area is 81.9 Å². The molecule has 0 bridgehead atoms. The summed E-state index contributed by atoms with van der Waals surface area (Å²) in [4.78, 5) is 10.1. The molecule has 2 rings (SSSR count). The van der Waals surface area contributed by atoms with Gasteiger partial charge in [-0.25, -0.2) is 0 Å². The molecule has 1 aromatic rings. The highest BCUT2D eigenvalue weighted by Crippen LogP contribution is 2.44. The van der Waals surface area contributed by atoms with Gasteiger partial charge in [0.15, 0.2) is 0 Å². The zero-order valence-corrected chi connectivity index (χ0v) is 7.99. The van der Waals surface area contributed by atoms with Crippen LogP contribution < -0.4 is 5.73 Å². The molecule has 4 heteroatoms. The number of non-ortho nitro benzene ring substituents is 1. The van der Waals surface area contributed by atoms with E-state index in [1.807, 2.05) is 6.92 Å². The maximum absolute atomic E-state index is 10.5. The largest absolute Gasteiger partial charge is 0.321 e. The summed E-state index contributed by atoms with van der Waals surface area (Å²) in [5.41, 5.74) is 7.91. The molecule has 0 heterocycles. The quantitative estimate of drug-likeness (QED) is 0.574. The molecule has 0 amide bonds. The van der Waals surface area contributed by atoms with Crippen molar-refractivity contribution in [1.82, 2.24) is 0 Å². The van der Waals surface area contributed by atoms with E-state index < -0.39 is 0 Å². The van der Waals surface area contributed by atoms with Crippen LogP contribution in [0.4, 0.5) is 5.69 Å². The molecular weight excluding hydrogens is 180 g/mol. The molecule has 1 saturated carbocycles. The van der Waals surface area contributed by atoms with Crippen molar-refractivity contribution in [3.63, 3.8) is 0 Å². The number of nitrogens with two attached hydrogens (primary N) is 1. The molecule has 1 aromatic carbocycles. The van der Waals surface area contributed by atoms with Crippen LogP contribution in [0.1, 0.15) is 24.0 Å². The van der Waals surface area contributed by atoms with Gasteiger partial charge in [-0.05, 0) is 30.9 Å². The van der Waals surface area contributed by atoms with E-state index >= 15 is 0 Å². The lowest BCUT2D eigenvalue weighted by molar-refractivity contribution is -0.384. The first-order chi connectivity index (χ1) is 6.53. The van der Waals surface area contributed by atoms with Crippen LogP contribution in [0.15, 0.2) is 18.2 Å². The summed E-state index contributed by atoms with van der Waals surface area (Å²) in [6, 6.07) is 4.89. The third-order valence-corrected chi connectivity index (χ3v) is 2.75. The van der Waals surface area contributed by atoms with E-state index in [2.05, 4.69) is 0 Å². The summed E-state index contributed by atoms with van der Waals surface area (Å²) in [5, 5.41) is 10.5. The Hall–Kier alpha value is -1.42. The fourth-order valence-electron chi connectivity index (χ4n) is 1.72. The lowest BCUT2D eigenvalue weighted by Crippen LogP contribution is -2.19. The molecule has 2 N–H and O–H groups in total. The Balaban J connectivity index is 2.41. The Morgan fingerprint density at radius 2 is 2.14 bits per heavy atom. The molecule has 1 aliphatic rings. The van der Waals surface area contributed by atoms with Crippen LogP contribution in [0.5, 0.6) is 0 Å². The van der Waals surface area contributed by atoms with Gasteiger partial charge in [-0.1, -0.05) is 6.07 Å². The van der Waals surface area contributed by atoms with Crippen LogP contribution in [0, 0.1) is 17.0 Å².